The third-order valence-electron chi connectivity index (χ3n) is 1.77. The largest absolute Gasteiger partial charge is 0.417 e. The molecule has 0 aliphatic heterocycles. The summed E-state index contributed by atoms with van der Waals surface area (Å²) in [5.74, 6) is -0.586. The lowest BCUT2D eigenvalue weighted by molar-refractivity contribution is 0.259. The monoisotopic (exact) mass is 227 g/mol. The van der Waals surface area contributed by atoms with E-state index in [4.69, 9.17) is 21.8 Å². The number of aromatic nitrogens is 1. The Labute approximate surface area is 88.0 Å². The van der Waals surface area contributed by atoms with E-state index in [9.17, 15) is 9.59 Å². The number of rotatable bonds is 1. The Kier molecular flexibility index (Phi) is 2.12. The second-order valence-electron chi connectivity index (χ2n) is 2.83. The number of carbonyl (C=O) groups excluding carboxylic acids is 1. The molecule has 0 radical (unpaired) electrons. The summed E-state index contributed by atoms with van der Waals surface area (Å²) in [6, 6.07) is 2.14. The summed E-state index contributed by atoms with van der Waals surface area (Å²) >= 11 is 5.82. The highest BCUT2D eigenvalue weighted by molar-refractivity contribution is 6.34. The first-order valence-electron chi connectivity index (χ1n) is 3.95. The zero-order chi connectivity index (χ0) is 11.0. The van der Waals surface area contributed by atoms with Crippen molar-refractivity contribution in [1.82, 2.24) is 4.98 Å². The fourth-order valence-electron chi connectivity index (χ4n) is 1.20. The molecule has 0 saturated heterocycles. The van der Waals surface area contributed by atoms with Crippen LogP contribution in [0.5, 0.6) is 0 Å². The van der Waals surface area contributed by atoms with Gasteiger partial charge < -0.3 is 15.5 Å². The van der Waals surface area contributed by atoms with Gasteiger partial charge in [0.2, 0.25) is 0 Å². The van der Waals surface area contributed by atoms with Gasteiger partial charge >= 0.3 is 11.8 Å². The van der Waals surface area contributed by atoms with Crippen LogP contribution in [0.1, 0.15) is 0 Å². The van der Waals surface area contributed by atoms with E-state index in [0.29, 0.717) is 16.8 Å². The summed E-state index contributed by atoms with van der Waals surface area (Å²) in [5, 5.41) is 2.57. The first-order valence-corrected chi connectivity index (χ1v) is 4.33. The molecule has 0 aliphatic rings. The number of nitrogens with one attached hydrogen (secondary N) is 2. The predicted molar refractivity (Wildman–Crippen MR) is 55.1 cm³/mol. The number of nitrogens with two attached hydrogens (primary N) is 1. The SMILES string of the molecule is NC(=O)Nc1cc2oc(=O)[nH]c2cc1Cl. The molecule has 0 aliphatic carbocycles. The molecule has 2 amide bonds. The smallest absolute Gasteiger partial charge is 0.408 e. The molecule has 6 nitrogen and oxygen atoms in total. The number of oxazole rings is 1. The van der Waals surface area contributed by atoms with E-state index in [0.717, 1.165) is 0 Å². The van der Waals surface area contributed by atoms with Crippen LogP contribution in [0.15, 0.2) is 21.3 Å². The molecule has 2 aromatic rings. The number of fused-ring (bicyclic) bond motifs is 1. The van der Waals surface area contributed by atoms with Gasteiger partial charge in [0, 0.05) is 6.07 Å². The van der Waals surface area contributed by atoms with Crippen LogP contribution in [0.25, 0.3) is 11.1 Å². The Morgan fingerprint density at radius 1 is 1.53 bits per heavy atom. The molecule has 0 bridgehead atoms. The van der Waals surface area contributed by atoms with Crippen molar-refractivity contribution in [1.29, 1.82) is 0 Å². The average molecular weight is 228 g/mol. The van der Waals surface area contributed by atoms with Crippen molar-refractivity contribution in [2.75, 3.05) is 5.32 Å². The molecule has 0 fully saturated rings. The first-order chi connectivity index (χ1) is 7.06. The maximum Gasteiger partial charge on any atom is 0.417 e. The van der Waals surface area contributed by atoms with Crippen LogP contribution < -0.4 is 16.8 Å². The van der Waals surface area contributed by atoms with Crippen LogP contribution in [0.2, 0.25) is 5.02 Å². The molecule has 1 aromatic carbocycles. The van der Waals surface area contributed by atoms with E-state index in [2.05, 4.69) is 10.3 Å². The summed E-state index contributed by atoms with van der Waals surface area (Å²) in [4.78, 5) is 23.9. The number of amides is 2. The number of anilines is 1. The van der Waals surface area contributed by atoms with Gasteiger partial charge in [-0.3, -0.25) is 4.98 Å². The molecule has 0 atom stereocenters. The summed E-state index contributed by atoms with van der Waals surface area (Å²) in [6.45, 7) is 0. The number of H-pyrrole nitrogens is 1. The van der Waals surface area contributed by atoms with Crippen molar-refractivity contribution < 1.29 is 9.21 Å². The molecule has 78 valence electrons. The minimum Gasteiger partial charge on any atom is -0.408 e. The van der Waals surface area contributed by atoms with E-state index in [1.165, 1.54) is 12.1 Å². The third-order valence-corrected chi connectivity index (χ3v) is 2.08. The van der Waals surface area contributed by atoms with Crippen molar-refractivity contribution in [2.45, 2.75) is 0 Å². The van der Waals surface area contributed by atoms with Gasteiger partial charge in [-0.05, 0) is 6.07 Å². The molecule has 2 rings (SSSR count). The minimum absolute atomic E-state index is 0.262. The molecule has 0 spiro atoms. The quantitative estimate of drug-likeness (QED) is 0.684. The first kappa shape index (κ1) is 9.60. The topological polar surface area (TPSA) is 101 Å². The zero-order valence-electron chi connectivity index (χ0n) is 7.33. The summed E-state index contributed by atoms with van der Waals surface area (Å²) in [7, 11) is 0. The Balaban J connectivity index is 2.60. The van der Waals surface area contributed by atoms with Crippen LogP contribution in [0, 0.1) is 0 Å². The number of carbonyl (C=O) groups is 1. The molecule has 15 heavy (non-hydrogen) atoms. The fourth-order valence-corrected chi connectivity index (χ4v) is 1.41. The number of hydrogen-bond acceptors (Lipinski definition) is 3. The van der Waals surface area contributed by atoms with Gasteiger partial charge in [0.05, 0.1) is 16.2 Å². The molecule has 7 heteroatoms. The van der Waals surface area contributed by atoms with Crippen molar-refractivity contribution in [2.24, 2.45) is 5.73 Å². The summed E-state index contributed by atoms with van der Waals surface area (Å²) < 4.78 is 4.78. The number of primary amides is 1. The molecule has 0 unspecified atom stereocenters. The minimum atomic E-state index is -0.742. The lowest BCUT2D eigenvalue weighted by Gasteiger charge is -2.03. The van der Waals surface area contributed by atoms with E-state index in [-0.39, 0.29) is 5.02 Å². The second-order valence-corrected chi connectivity index (χ2v) is 3.24. The van der Waals surface area contributed by atoms with Crippen LogP contribution >= 0.6 is 11.6 Å². The van der Waals surface area contributed by atoms with Gasteiger partial charge in [0.25, 0.3) is 0 Å². The van der Waals surface area contributed by atoms with Gasteiger partial charge in [0.1, 0.15) is 0 Å². The Bertz CT molecular complexity index is 586. The Morgan fingerprint density at radius 3 is 2.93 bits per heavy atom. The van der Waals surface area contributed by atoms with Gasteiger partial charge in [-0.1, -0.05) is 11.6 Å². The van der Waals surface area contributed by atoms with Crippen LogP contribution in [0.3, 0.4) is 0 Å². The van der Waals surface area contributed by atoms with Crippen LogP contribution in [-0.4, -0.2) is 11.0 Å². The highest BCUT2D eigenvalue weighted by Gasteiger charge is 2.08. The predicted octanol–water partition coefficient (Wildman–Crippen LogP) is 1.27. The summed E-state index contributed by atoms with van der Waals surface area (Å²) in [5.41, 5.74) is 5.98. The number of halogens is 1. The Hall–Kier alpha value is -1.95. The van der Waals surface area contributed by atoms with E-state index in [1.807, 2.05) is 0 Å². The van der Waals surface area contributed by atoms with E-state index >= 15 is 0 Å². The molecular formula is C8H6ClN3O3. The van der Waals surface area contributed by atoms with Crippen LogP contribution in [-0.2, 0) is 0 Å². The van der Waals surface area contributed by atoms with Crippen molar-refractivity contribution >= 4 is 34.4 Å². The van der Waals surface area contributed by atoms with Gasteiger partial charge in [-0.25, -0.2) is 9.59 Å². The molecule has 0 saturated carbocycles. The van der Waals surface area contributed by atoms with Gasteiger partial charge in [-0.15, -0.1) is 0 Å². The lowest BCUT2D eigenvalue weighted by Crippen LogP contribution is -2.19. The van der Waals surface area contributed by atoms with E-state index < -0.39 is 11.8 Å². The van der Waals surface area contributed by atoms with Gasteiger partial charge in [0.15, 0.2) is 5.58 Å². The second kappa shape index (κ2) is 3.32. The number of urea groups is 1. The van der Waals surface area contributed by atoms with Crippen molar-refractivity contribution in [3.05, 3.63) is 27.7 Å². The maximum atomic E-state index is 10.9. The summed E-state index contributed by atoms with van der Waals surface area (Å²) in [6.07, 6.45) is 0. The maximum absolute atomic E-state index is 10.9. The molecule has 4 N–H and O–H groups in total. The molecular weight excluding hydrogens is 222 g/mol. The third kappa shape index (κ3) is 1.79. The average Bonchev–Trinajstić information content (AvgIpc) is 2.44. The molecule has 1 aromatic heterocycles. The van der Waals surface area contributed by atoms with Crippen LogP contribution in [0.4, 0.5) is 10.5 Å². The standard InChI is InChI=1S/C8H6ClN3O3/c9-3-1-5-6(15-8(14)12-5)2-4(3)11-7(10)13/h1-2H,(H,12,14)(H3,10,11,13). The van der Waals surface area contributed by atoms with Crippen molar-refractivity contribution in [3.63, 3.8) is 0 Å². The normalized spacial score (nSPS) is 10.5. The zero-order valence-corrected chi connectivity index (χ0v) is 8.09. The highest BCUT2D eigenvalue weighted by Crippen LogP contribution is 2.26. The molecule has 1 heterocycles. The highest BCUT2D eigenvalue weighted by atomic mass is 35.5. The lowest BCUT2D eigenvalue weighted by atomic mass is 10.3. The van der Waals surface area contributed by atoms with Crippen molar-refractivity contribution in [3.8, 4) is 0 Å². The van der Waals surface area contributed by atoms with E-state index in [1.54, 1.807) is 0 Å². The fraction of sp³-hybridized carbons (Fsp3) is 0. The Morgan fingerprint density at radius 2 is 2.27 bits per heavy atom. The number of aromatic amines is 1. The van der Waals surface area contributed by atoms with Gasteiger partial charge in [-0.2, -0.15) is 0 Å². The number of benzene rings is 1. The number of hydrogen-bond donors (Lipinski definition) is 3.